The van der Waals surface area contributed by atoms with E-state index in [1.807, 2.05) is 352 Å². The van der Waals surface area contributed by atoms with Gasteiger partial charge in [0, 0.05) is 67.4 Å². The van der Waals surface area contributed by atoms with Gasteiger partial charge >= 0.3 is 0 Å². The van der Waals surface area contributed by atoms with Crippen LogP contribution >= 0.6 is 0 Å². The van der Waals surface area contributed by atoms with E-state index in [1.165, 1.54) is 26.3 Å². The van der Waals surface area contributed by atoms with Gasteiger partial charge in [0.15, 0.2) is 23.1 Å². The topological polar surface area (TPSA) is 122 Å². The predicted octanol–water partition coefficient (Wildman–Crippen LogP) is 25.9. The first kappa shape index (κ1) is 103. The molecule has 0 unspecified atom stereocenters. The van der Waals surface area contributed by atoms with Crippen molar-refractivity contribution < 1.29 is 42.9 Å². The van der Waals surface area contributed by atoms with E-state index in [0.717, 1.165) is 33.8 Å². The second-order valence-electron chi connectivity index (χ2n) is 16.5. The third-order valence-corrected chi connectivity index (χ3v) is 9.80. The van der Waals surface area contributed by atoms with Gasteiger partial charge in [-0.1, -0.05) is 338 Å². The first-order valence-corrected chi connectivity index (χ1v) is 34.1. The summed E-state index contributed by atoms with van der Waals surface area (Å²) in [4.78, 5) is 57.2. The van der Waals surface area contributed by atoms with Crippen molar-refractivity contribution in [2.24, 2.45) is 0 Å². The van der Waals surface area contributed by atoms with Crippen molar-refractivity contribution in [3.05, 3.63) is 299 Å². The zero-order valence-electron chi connectivity index (χ0n) is 64.4. The molecule has 9 rings (SSSR count). The molecule has 96 heavy (non-hydrogen) atoms. The number of hydrogen-bond donors (Lipinski definition) is 0. The highest BCUT2D eigenvalue weighted by Gasteiger charge is 2.11. The molecule has 9 aromatic carbocycles. The highest BCUT2D eigenvalue weighted by atomic mass is 16.5. The highest BCUT2D eigenvalue weighted by molar-refractivity contribution is 6.10. The minimum Gasteiger partial charge on any atom is -0.457 e. The minimum absolute atomic E-state index is 0.0276. The molecule has 0 aliphatic heterocycles. The molecule has 0 saturated carbocycles. The Balaban J connectivity index is -0.000000170. The van der Waals surface area contributed by atoms with Gasteiger partial charge in [-0.25, -0.2) is 0 Å². The third kappa shape index (κ3) is 54.3. The largest absolute Gasteiger partial charge is 0.457 e. The number of Topliss-reactive ketones (excluding diaryl/α,β-unsaturated/α-hetero) is 2. The summed E-state index contributed by atoms with van der Waals surface area (Å²) in [7, 11) is 6.50. The van der Waals surface area contributed by atoms with Crippen LogP contribution in [0.4, 0.5) is 0 Å². The van der Waals surface area contributed by atoms with E-state index in [0.29, 0.717) is 28.2 Å². The summed E-state index contributed by atoms with van der Waals surface area (Å²) in [5.74, 6) is 2.97. The van der Waals surface area contributed by atoms with Gasteiger partial charge in [0.05, 0.1) is 0 Å². The van der Waals surface area contributed by atoms with Crippen LogP contribution in [0.2, 0.25) is 0 Å². The normalized spacial score (nSPS) is 8.08. The molecule has 0 N–H and O–H groups in total. The van der Waals surface area contributed by atoms with Crippen molar-refractivity contribution in [2.45, 2.75) is 166 Å². The van der Waals surface area contributed by atoms with E-state index < -0.39 is 0 Å². The number of benzene rings is 9. The minimum atomic E-state index is -0.107. The van der Waals surface area contributed by atoms with Crippen molar-refractivity contribution >= 4 is 28.9 Å². The molecule has 0 radical (unpaired) electrons. The summed E-state index contributed by atoms with van der Waals surface area (Å²) >= 11 is 0. The maximum absolute atomic E-state index is 12.7. The molecule has 528 valence electrons. The van der Waals surface area contributed by atoms with Gasteiger partial charge in [-0.2, -0.15) is 0 Å². The Hall–Kier alpha value is -9.15. The molecule has 0 amide bonds. The highest BCUT2D eigenvalue weighted by Crippen LogP contribution is 2.28. The smallest absolute Gasteiger partial charge is 0.193 e. The van der Waals surface area contributed by atoms with Crippen LogP contribution in [0, 0.1) is 6.92 Å². The maximum atomic E-state index is 12.7. The summed E-state index contributed by atoms with van der Waals surface area (Å²) < 4.78 is 20.2. The lowest BCUT2D eigenvalue weighted by molar-refractivity contribution is -0.115. The number of ketones is 5. The van der Waals surface area contributed by atoms with E-state index >= 15 is 0 Å². The van der Waals surface area contributed by atoms with Crippen molar-refractivity contribution in [3.8, 4) is 23.0 Å². The average Bonchev–Trinajstić information content (AvgIpc) is 0.973. The molecule has 0 aromatic heterocycles. The number of aryl methyl sites for hydroxylation is 1. The molecule has 0 heterocycles. The molecule has 9 heteroatoms. The number of rotatable bonds is 11. The van der Waals surface area contributed by atoms with E-state index in [2.05, 4.69) is 9.47 Å². The summed E-state index contributed by atoms with van der Waals surface area (Å²) in [5, 5.41) is 0. The lowest BCUT2D eigenvalue weighted by Crippen LogP contribution is -2.02. The van der Waals surface area contributed by atoms with Crippen molar-refractivity contribution in [2.75, 3.05) is 28.4 Å². The number of ether oxygens (including phenoxy) is 4. The number of hydrogen-bond acceptors (Lipinski definition) is 9. The van der Waals surface area contributed by atoms with Crippen LogP contribution in [0.3, 0.4) is 0 Å². The van der Waals surface area contributed by atoms with E-state index in [1.54, 1.807) is 77.0 Å². The Bertz CT molecular complexity index is 2820. The lowest BCUT2D eigenvalue weighted by atomic mass is 10.0. The Morgan fingerprint density at radius 2 is 0.354 bits per heavy atom. The molecule has 0 fully saturated rings. The number of carbonyl (C=O) groups excluding carboxylic acids is 5. The van der Waals surface area contributed by atoms with Gasteiger partial charge in [-0.3, -0.25) is 19.2 Å². The van der Waals surface area contributed by atoms with Crippen LogP contribution in [0.15, 0.2) is 255 Å². The molecule has 9 nitrogen and oxygen atoms in total. The summed E-state index contributed by atoms with van der Waals surface area (Å²) in [6.07, 6.45) is 0. The number of carbonyl (C=O) groups is 5. The number of methoxy groups -OCH3 is 2. The summed E-state index contributed by atoms with van der Waals surface area (Å²) in [6, 6.07) is 78.1. The first-order valence-electron chi connectivity index (χ1n) is 34.1. The van der Waals surface area contributed by atoms with E-state index in [4.69, 9.17) is 9.47 Å². The van der Waals surface area contributed by atoms with E-state index in [-0.39, 0.29) is 28.9 Å². The van der Waals surface area contributed by atoms with Gasteiger partial charge in [-0.15, -0.1) is 0 Å². The SMILES string of the molecule is CC.CC.CC.CC.CC.CC.CC.CC.CC.CC.CC(=O)c1ccc(C(=O)c2ccc(Oc3ccc(Oc4ccc(C)cc4)cc3)cc2)cc1.CC(C)=O.COC.COC.O=C(c1ccccc1)c1ccccc1.O=C(c1ccccc1)c1ccccc1.c1ccccc1. The molecule has 0 spiro atoms. The van der Waals surface area contributed by atoms with Crippen LogP contribution in [-0.4, -0.2) is 57.4 Å². The van der Waals surface area contributed by atoms with Crippen LogP contribution in [-0.2, 0) is 14.3 Å². The van der Waals surface area contributed by atoms with Crippen LogP contribution < -0.4 is 9.47 Å². The molecule has 9 aromatic rings. The second-order valence-corrected chi connectivity index (χ2v) is 16.5. The summed E-state index contributed by atoms with van der Waals surface area (Å²) in [6.45, 7) is 46.6. The second kappa shape index (κ2) is 80.1. The quantitative estimate of drug-likeness (QED) is 0.117. The van der Waals surface area contributed by atoms with Crippen molar-refractivity contribution in [3.63, 3.8) is 0 Å². The molecule has 0 aliphatic rings. The summed E-state index contributed by atoms with van der Waals surface area (Å²) in [5.41, 5.74) is 5.79. The fourth-order valence-electron chi connectivity index (χ4n) is 6.23. The van der Waals surface area contributed by atoms with Gasteiger partial charge < -0.3 is 23.7 Å². The lowest BCUT2D eigenvalue weighted by Gasteiger charge is -2.09. The Morgan fingerprint density at radius 3 is 0.542 bits per heavy atom. The average molecular weight is 1320 g/mol. The van der Waals surface area contributed by atoms with Crippen molar-refractivity contribution in [1.29, 1.82) is 0 Å². The van der Waals surface area contributed by atoms with Crippen LogP contribution in [0.25, 0.3) is 0 Å². The molecule has 0 atom stereocenters. The standard InChI is InChI=1S/C28H22O4.2C13H10O.C6H6.C3H6O.2C2H6O.10C2H6/c1-19-3-11-24(12-4-19)31-26-15-17-27(18-16-26)32-25-13-9-23(10-14-25)28(30)22-7-5-21(6-8-22)20(2)29;2*14-13(11-7-3-1-4-8-11)12-9-5-2-6-10-12;1-2-4-6-5-3-1;1-3(2)4;2*1-3-2;10*1-2/h3-18H,1-2H3;2*1-10H;1-6H;1-2H3;2*1-2H3;10*1-2H3. The van der Waals surface area contributed by atoms with Gasteiger partial charge in [0.2, 0.25) is 0 Å². The van der Waals surface area contributed by atoms with Gasteiger partial charge in [-0.05, 0) is 88.4 Å². The Morgan fingerprint density at radius 1 is 0.219 bits per heavy atom. The monoisotopic (exact) mass is 1310 g/mol. The van der Waals surface area contributed by atoms with Crippen LogP contribution in [0.1, 0.15) is 223 Å². The zero-order chi connectivity index (χ0) is 75.3. The van der Waals surface area contributed by atoms with Crippen LogP contribution in [0.5, 0.6) is 23.0 Å². The first-order chi connectivity index (χ1) is 46.8. The van der Waals surface area contributed by atoms with E-state index in [9.17, 15) is 24.0 Å². The molecular weight excluding hydrogens is 1190 g/mol. The third-order valence-electron chi connectivity index (χ3n) is 9.80. The molecule has 0 bridgehead atoms. The predicted molar refractivity (Wildman–Crippen MR) is 419 cm³/mol. The van der Waals surface area contributed by atoms with Crippen molar-refractivity contribution in [1.82, 2.24) is 0 Å². The zero-order valence-corrected chi connectivity index (χ0v) is 64.4. The molecule has 0 saturated heterocycles. The molecular formula is C87H126O9. The molecule has 0 aliphatic carbocycles. The van der Waals surface area contributed by atoms with Gasteiger partial charge in [0.25, 0.3) is 0 Å². The van der Waals surface area contributed by atoms with Gasteiger partial charge in [0.1, 0.15) is 28.8 Å². The Labute approximate surface area is 585 Å². The Kier molecular flexibility index (Phi) is 85.9. The fourth-order valence-corrected chi connectivity index (χ4v) is 6.23. The maximum Gasteiger partial charge on any atom is 0.193 e. The fraction of sp³-hybridized carbons (Fsp3) is 0.322.